The highest BCUT2D eigenvalue weighted by Crippen LogP contribution is 2.30. The highest BCUT2D eigenvalue weighted by atomic mass is 35.5. The molecular formula is C30H38ClN5O5. The summed E-state index contributed by atoms with van der Waals surface area (Å²) in [7, 11) is 0. The number of rotatable bonds is 7. The summed E-state index contributed by atoms with van der Waals surface area (Å²) in [5.74, 6) is -2.19. The fraction of sp³-hybridized carbons (Fsp3) is 0.467. The Kier molecular flexibility index (Phi) is 8.94. The second-order valence-electron chi connectivity index (χ2n) is 11.7. The van der Waals surface area contributed by atoms with Gasteiger partial charge in [-0.3, -0.25) is 19.3 Å². The van der Waals surface area contributed by atoms with Crippen molar-refractivity contribution >= 4 is 52.4 Å². The zero-order chi connectivity index (χ0) is 30.1. The van der Waals surface area contributed by atoms with Gasteiger partial charge in [-0.25, -0.2) is 4.79 Å². The highest BCUT2D eigenvalue weighted by Gasteiger charge is 2.41. The second-order valence-corrected chi connectivity index (χ2v) is 12.1. The van der Waals surface area contributed by atoms with Crippen LogP contribution in [0.1, 0.15) is 40.2 Å². The van der Waals surface area contributed by atoms with Crippen LogP contribution in [0.4, 0.5) is 17.1 Å². The molecule has 0 radical (unpaired) electrons. The SMILES string of the molecule is CC(C)N1CCN(c2ccc(CC(C(=O)OC(C)(C)C)N3CCN(c4cc(Cl)ccc4N)C(=O)C3=O)cc2)C(=O)C1. The number of nitrogen functional groups attached to an aromatic ring is 1. The van der Waals surface area contributed by atoms with Crippen LogP contribution in [0.3, 0.4) is 0 Å². The van der Waals surface area contributed by atoms with Crippen LogP contribution in [0.25, 0.3) is 0 Å². The maximum atomic E-state index is 13.4. The van der Waals surface area contributed by atoms with Crippen molar-refractivity contribution in [2.24, 2.45) is 0 Å². The number of anilines is 3. The van der Waals surface area contributed by atoms with Crippen molar-refractivity contribution in [3.05, 3.63) is 53.1 Å². The van der Waals surface area contributed by atoms with E-state index >= 15 is 0 Å². The molecular weight excluding hydrogens is 546 g/mol. The Bertz CT molecular complexity index is 1320. The molecule has 10 nitrogen and oxygen atoms in total. The molecule has 41 heavy (non-hydrogen) atoms. The van der Waals surface area contributed by atoms with Gasteiger partial charge in [0.2, 0.25) is 5.91 Å². The standard InChI is InChI=1S/C30H38ClN5O5/c1-19(2)33-12-13-34(26(37)18-33)22-9-6-20(7-10-22)16-25(29(40)41-30(3,4)5)36-15-14-35(27(38)28(36)39)24-17-21(31)8-11-23(24)32/h6-11,17,19,25H,12-16,18,32H2,1-5H3. The van der Waals surface area contributed by atoms with Crippen molar-refractivity contribution < 1.29 is 23.9 Å². The van der Waals surface area contributed by atoms with E-state index < -0.39 is 29.4 Å². The number of hydrogen-bond donors (Lipinski definition) is 1. The Morgan fingerprint density at radius 1 is 0.951 bits per heavy atom. The smallest absolute Gasteiger partial charge is 0.329 e. The van der Waals surface area contributed by atoms with Crippen molar-refractivity contribution in [1.82, 2.24) is 9.80 Å². The van der Waals surface area contributed by atoms with Gasteiger partial charge in [-0.15, -0.1) is 0 Å². The Labute approximate surface area is 245 Å². The molecule has 0 bridgehead atoms. The van der Waals surface area contributed by atoms with E-state index in [1.54, 1.807) is 37.8 Å². The third-order valence-corrected chi connectivity index (χ3v) is 7.48. The molecule has 2 aromatic carbocycles. The van der Waals surface area contributed by atoms with Crippen molar-refractivity contribution in [2.75, 3.05) is 48.3 Å². The minimum atomic E-state index is -1.02. The number of ether oxygens (including phenoxy) is 1. The van der Waals surface area contributed by atoms with E-state index in [0.29, 0.717) is 35.5 Å². The first-order valence-electron chi connectivity index (χ1n) is 13.8. The monoisotopic (exact) mass is 583 g/mol. The lowest BCUT2D eigenvalue weighted by Gasteiger charge is -2.38. The molecule has 0 saturated carbocycles. The first-order valence-corrected chi connectivity index (χ1v) is 14.2. The van der Waals surface area contributed by atoms with E-state index in [-0.39, 0.29) is 25.4 Å². The second kappa shape index (κ2) is 12.1. The van der Waals surface area contributed by atoms with Gasteiger partial charge in [0.1, 0.15) is 11.6 Å². The van der Waals surface area contributed by atoms with Gasteiger partial charge in [-0.2, -0.15) is 0 Å². The average molecular weight is 584 g/mol. The maximum absolute atomic E-state index is 13.4. The Balaban J connectivity index is 1.54. The van der Waals surface area contributed by atoms with Crippen LogP contribution in [0, 0.1) is 0 Å². The van der Waals surface area contributed by atoms with Gasteiger partial charge < -0.3 is 25.2 Å². The first-order chi connectivity index (χ1) is 19.2. The van der Waals surface area contributed by atoms with E-state index in [0.717, 1.165) is 17.8 Å². The molecule has 1 atom stereocenters. The number of halogens is 1. The molecule has 4 rings (SSSR count). The van der Waals surface area contributed by atoms with E-state index in [1.165, 1.54) is 15.9 Å². The summed E-state index contributed by atoms with van der Waals surface area (Å²) in [6, 6.07) is 11.4. The number of amides is 3. The van der Waals surface area contributed by atoms with E-state index in [2.05, 4.69) is 18.7 Å². The molecule has 0 aromatic heterocycles. The minimum Gasteiger partial charge on any atom is -0.458 e. The van der Waals surface area contributed by atoms with Gasteiger partial charge in [-0.05, 0) is 70.5 Å². The van der Waals surface area contributed by atoms with E-state index in [4.69, 9.17) is 22.1 Å². The zero-order valence-corrected chi connectivity index (χ0v) is 25.0. The third kappa shape index (κ3) is 7.00. The summed E-state index contributed by atoms with van der Waals surface area (Å²) in [6.07, 6.45) is 0.141. The number of piperazine rings is 2. The van der Waals surface area contributed by atoms with Crippen LogP contribution in [-0.4, -0.2) is 83.9 Å². The van der Waals surface area contributed by atoms with Gasteiger partial charge in [0, 0.05) is 49.4 Å². The van der Waals surface area contributed by atoms with Gasteiger partial charge in [-0.1, -0.05) is 23.7 Å². The molecule has 2 saturated heterocycles. The van der Waals surface area contributed by atoms with Gasteiger partial charge in [0.15, 0.2) is 0 Å². The molecule has 2 aromatic rings. The Morgan fingerprint density at radius 3 is 2.22 bits per heavy atom. The van der Waals surface area contributed by atoms with Crippen molar-refractivity contribution in [2.45, 2.75) is 58.7 Å². The first kappa shape index (κ1) is 30.3. The largest absolute Gasteiger partial charge is 0.458 e. The van der Waals surface area contributed by atoms with E-state index in [1.807, 2.05) is 24.3 Å². The lowest BCUT2D eigenvalue weighted by atomic mass is 10.0. The average Bonchev–Trinajstić information content (AvgIpc) is 2.90. The third-order valence-electron chi connectivity index (χ3n) is 7.25. The van der Waals surface area contributed by atoms with Crippen LogP contribution in [0.15, 0.2) is 42.5 Å². The summed E-state index contributed by atoms with van der Waals surface area (Å²) in [5, 5.41) is 0.385. The predicted octanol–water partition coefficient (Wildman–Crippen LogP) is 3.11. The molecule has 2 fully saturated rings. The number of nitrogens with two attached hydrogens (primary N) is 1. The van der Waals surface area contributed by atoms with Crippen LogP contribution in [-0.2, 0) is 30.3 Å². The lowest BCUT2D eigenvalue weighted by Crippen LogP contribution is -2.60. The number of nitrogens with zero attached hydrogens (tertiary/aromatic N) is 4. The normalized spacial score (nSPS) is 17.8. The van der Waals surface area contributed by atoms with Gasteiger partial charge >= 0.3 is 17.8 Å². The topological polar surface area (TPSA) is 116 Å². The van der Waals surface area contributed by atoms with Crippen molar-refractivity contribution in [3.63, 3.8) is 0 Å². The fourth-order valence-electron chi connectivity index (χ4n) is 5.06. The Hall–Kier alpha value is -3.63. The summed E-state index contributed by atoms with van der Waals surface area (Å²) >= 11 is 6.11. The molecule has 2 aliphatic heterocycles. The van der Waals surface area contributed by atoms with Crippen LogP contribution in [0.5, 0.6) is 0 Å². The molecule has 1 unspecified atom stereocenters. The molecule has 0 spiro atoms. The molecule has 0 aliphatic carbocycles. The van der Waals surface area contributed by atoms with Crippen LogP contribution in [0.2, 0.25) is 5.02 Å². The number of esters is 1. The molecule has 3 amide bonds. The van der Waals surface area contributed by atoms with Crippen molar-refractivity contribution in [1.29, 1.82) is 0 Å². The summed E-state index contributed by atoms with van der Waals surface area (Å²) in [4.78, 5) is 59.2. The van der Waals surface area contributed by atoms with Crippen LogP contribution >= 0.6 is 11.6 Å². The van der Waals surface area contributed by atoms with Gasteiger partial charge in [0.25, 0.3) is 0 Å². The summed E-state index contributed by atoms with van der Waals surface area (Å²) in [6.45, 7) is 11.4. The molecule has 220 valence electrons. The number of carbonyl (C=O) groups excluding carboxylic acids is 4. The molecule has 2 aliphatic rings. The van der Waals surface area contributed by atoms with E-state index in [9.17, 15) is 19.2 Å². The maximum Gasteiger partial charge on any atom is 0.329 e. The number of carbonyl (C=O) groups is 4. The molecule has 2 N–H and O–H groups in total. The fourth-order valence-corrected chi connectivity index (χ4v) is 5.22. The minimum absolute atomic E-state index is 0.0339. The highest BCUT2D eigenvalue weighted by molar-refractivity contribution is 6.41. The van der Waals surface area contributed by atoms with Crippen molar-refractivity contribution in [3.8, 4) is 0 Å². The van der Waals surface area contributed by atoms with Crippen LogP contribution < -0.4 is 15.5 Å². The Morgan fingerprint density at radius 2 is 1.61 bits per heavy atom. The molecule has 11 heteroatoms. The quantitative estimate of drug-likeness (QED) is 0.302. The number of benzene rings is 2. The number of hydrogen-bond acceptors (Lipinski definition) is 7. The zero-order valence-electron chi connectivity index (χ0n) is 24.2. The predicted molar refractivity (Wildman–Crippen MR) is 159 cm³/mol. The van der Waals surface area contributed by atoms with Gasteiger partial charge in [0.05, 0.1) is 17.9 Å². The lowest BCUT2D eigenvalue weighted by molar-refractivity contribution is -0.166. The summed E-state index contributed by atoms with van der Waals surface area (Å²) in [5.41, 5.74) is 7.47. The summed E-state index contributed by atoms with van der Waals surface area (Å²) < 4.78 is 5.66. The molecule has 2 heterocycles.